The van der Waals surface area contributed by atoms with Gasteiger partial charge in [0.2, 0.25) is 0 Å². The molecule has 0 radical (unpaired) electrons. The lowest BCUT2D eigenvalue weighted by molar-refractivity contribution is 0.243. The monoisotopic (exact) mass is 301 g/mol. The second-order valence-corrected chi connectivity index (χ2v) is 6.03. The highest BCUT2D eigenvalue weighted by molar-refractivity contribution is 6.09. The minimum atomic E-state index is 0.176. The largest absolute Gasteiger partial charge is 0.491 e. The SMILES string of the molecule is CC(C)Oc1ccc2c(c1)c1ccccc1n2-c1ccccc1. The molecule has 0 fully saturated rings. The molecule has 23 heavy (non-hydrogen) atoms. The van der Waals surface area contributed by atoms with E-state index >= 15 is 0 Å². The van der Waals surface area contributed by atoms with E-state index in [0.29, 0.717) is 0 Å². The van der Waals surface area contributed by atoms with E-state index in [9.17, 15) is 0 Å². The van der Waals surface area contributed by atoms with Crippen LogP contribution in [0.2, 0.25) is 0 Å². The van der Waals surface area contributed by atoms with Crippen LogP contribution in [0.25, 0.3) is 27.5 Å². The van der Waals surface area contributed by atoms with Crippen LogP contribution < -0.4 is 4.74 Å². The van der Waals surface area contributed by atoms with Gasteiger partial charge in [0.05, 0.1) is 17.1 Å². The molecule has 0 aliphatic heterocycles. The van der Waals surface area contributed by atoms with Crippen molar-refractivity contribution in [2.75, 3.05) is 0 Å². The summed E-state index contributed by atoms with van der Waals surface area (Å²) >= 11 is 0. The first kappa shape index (κ1) is 13.9. The van der Waals surface area contributed by atoms with E-state index in [1.54, 1.807) is 0 Å². The molecular formula is C21H19NO. The van der Waals surface area contributed by atoms with Gasteiger partial charge >= 0.3 is 0 Å². The van der Waals surface area contributed by atoms with E-state index in [4.69, 9.17) is 4.74 Å². The number of hydrogen-bond donors (Lipinski definition) is 0. The fourth-order valence-corrected chi connectivity index (χ4v) is 3.15. The van der Waals surface area contributed by atoms with E-state index < -0.39 is 0 Å². The van der Waals surface area contributed by atoms with Gasteiger partial charge in [-0.15, -0.1) is 0 Å². The molecule has 4 aromatic rings. The minimum Gasteiger partial charge on any atom is -0.491 e. The van der Waals surface area contributed by atoms with Crippen molar-refractivity contribution >= 4 is 21.8 Å². The quantitative estimate of drug-likeness (QED) is 0.482. The van der Waals surface area contributed by atoms with Crippen LogP contribution in [0.15, 0.2) is 72.8 Å². The van der Waals surface area contributed by atoms with Crippen LogP contribution in [0.4, 0.5) is 0 Å². The first-order valence-electron chi connectivity index (χ1n) is 7.99. The van der Waals surface area contributed by atoms with Gasteiger partial charge < -0.3 is 9.30 Å². The zero-order valence-corrected chi connectivity index (χ0v) is 13.4. The number of aromatic nitrogens is 1. The van der Waals surface area contributed by atoms with E-state index in [-0.39, 0.29) is 6.10 Å². The van der Waals surface area contributed by atoms with Gasteiger partial charge in [0.15, 0.2) is 0 Å². The van der Waals surface area contributed by atoms with Crippen molar-refractivity contribution in [2.24, 2.45) is 0 Å². The minimum absolute atomic E-state index is 0.176. The number of nitrogens with zero attached hydrogens (tertiary/aromatic N) is 1. The molecule has 0 saturated carbocycles. The Kier molecular flexibility index (Phi) is 3.30. The topological polar surface area (TPSA) is 14.2 Å². The number of para-hydroxylation sites is 2. The Morgan fingerprint density at radius 3 is 2.22 bits per heavy atom. The normalized spacial score (nSPS) is 11.4. The number of ether oxygens (including phenoxy) is 1. The summed E-state index contributed by atoms with van der Waals surface area (Å²) in [5.74, 6) is 0.920. The molecule has 3 aromatic carbocycles. The third-order valence-electron chi connectivity index (χ3n) is 4.03. The first-order chi connectivity index (χ1) is 11.2. The fourth-order valence-electron chi connectivity index (χ4n) is 3.15. The Bertz CT molecular complexity index is 967. The Balaban J connectivity index is 2.05. The Labute approximate surface area is 135 Å². The summed E-state index contributed by atoms with van der Waals surface area (Å²) in [6.45, 7) is 4.11. The highest BCUT2D eigenvalue weighted by Crippen LogP contribution is 2.34. The maximum absolute atomic E-state index is 5.88. The average Bonchev–Trinajstić information content (AvgIpc) is 2.89. The molecule has 0 bridgehead atoms. The van der Waals surface area contributed by atoms with Crippen molar-refractivity contribution in [3.8, 4) is 11.4 Å². The second-order valence-electron chi connectivity index (χ2n) is 6.03. The van der Waals surface area contributed by atoms with Crippen LogP contribution in [0.3, 0.4) is 0 Å². The van der Waals surface area contributed by atoms with Crippen molar-refractivity contribution < 1.29 is 4.74 Å². The lowest BCUT2D eigenvalue weighted by Crippen LogP contribution is -2.05. The molecule has 0 spiro atoms. The van der Waals surface area contributed by atoms with Gasteiger partial charge in [0.25, 0.3) is 0 Å². The third-order valence-corrected chi connectivity index (χ3v) is 4.03. The molecule has 1 aromatic heterocycles. The van der Waals surface area contributed by atoms with E-state index in [1.807, 2.05) is 6.07 Å². The van der Waals surface area contributed by atoms with Gasteiger partial charge in [-0.2, -0.15) is 0 Å². The number of fused-ring (bicyclic) bond motifs is 3. The smallest absolute Gasteiger partial charge is 0.120 e. The summed E-state index contributed by atoms with van der Waals surface area (Å²) in [5, 5.41) is 2.48. The number of hydrogen-bond acceptors (Lipinski definition) is 1. The number of rotatable bonds is 3. The maximum Gasteiger partial charge on any atom is 0.120 e. The highest BCUT2D eigenvalue weighted by Gasteiger charge is 2.12. The summed E-state index contributed by atoms with van der Waals surface area (Å²) in [5.41, 5.74) is 3.60. The molecule has 0 saturated heterocycles. The van der Waals surface area contributed by atoms with Crippen LogP contribution in [-0.4, -0.2) is 10.7 Å². The molecule has 0 atom stereocenters. The summed E-state index contributed by atoms with van der Waals surface area (Å²) in [4.78, 5) is 0. The fraction of sp³-hybridized carbons (Fsp3) is 0.143. The Morgan fingerprint density at radius 2 is 1.43 bits per heavy atom. The van der Waals surface area contributed by atoms with E-state index in [1.165, 1.54) is 27.5 Å². The number of benzene rings is 3. The lowest BCUT2D eigenvalue weighted by atomic mass is 10.1. The van der Waals surface area contributed by atoms with Crippen LogP contribution in [0.5, 0.6) is 5.75 Å². The van der Waals surface area contributed by atoms with Gasteiger partial charge in [-0.25, -0.2) is 0 Å². The predicted molar refractivity (Wildman–Crippen MR) is 96.5 cm³/mol. The van der Waals surface area contributed by atoms with Crippen molar-refractivity contribution in [2.45, 2.75) is 20.0 Å². The van der Waals surface area contributed by atoms with Crippen LogP contribution >= 0.6 is 0 Å². The van der Waals surface area contributed by atoms with Gasteiger partial charge in [0, 0.05) is 16.5 Å². The molecule has 1 heterocycles. The van der Waals surface area contributed by atoms with Crippen LogP contribution in [0, 0.1) is 0 Å². The van der Waals surface area contributed by atoms with Crippen LogP contribution in [-0.2, 0) is 0 Å². The van der Waals surface area contributed by atoms with Gasteiger partial charge in [0.1, 0.15) is 5.75 Å². The summed E-state index contributed by atoms with van der Waals surface area (Å²) in [7, 11) is 0. The molecule has 2 nitrogen and oxygen atoms in total. The van der Waals surface area contributed by atoms with Crippen molar-refractivity contribution in [3.63, 3.8) is 0 Å². The highest BCUT2D eigenvalue weighted by atomic mass is 16.5. The van der Waals surface area contributed by atoms with E-state index in [0.717, 1.165) is 5.75 Å². The van der Waals surface area contributed by atoms with Gasteiger partial charge in [-0.05, 0) is 50.2 Å². The molecule has 0 aliphatic rings. The molecule has 2 heteroatoms. The van der Waals surface area contributed by atoms with Crippen molar-refractivity contribution in [3.05, 3.63) is 72.8 Å². The Hall–Kier alpha value is -2.74. The summed E-state index contributed by atoms with van der Waals surface area (Å²) < 4.78 is 8.19. The lowest BCUT2D eigenvalue weighted by Gasteiger charge is -2.10. The summed E-state index contributed by atoms with van der Waals surface area (Å²) in [6, 6.07) is 25.4. The Morgan fingerprint density at radius 1 is 0.739 bits per heavy atom. The van der Waals surface area contributed by atoms with E-state index in [2.05, 4.69) is 85.1 Å². The second kappa shape index (κ2) is 5.47. The van der Waals surface area contributed by atoms with Crippen molar-refractivity contribution in [1.29, 1.82) is 0 Å². The molecule has 0 N–H and O–H groups in total. The molecular weight excluding hydrogens is 282 g/mol. The maximum atomic E-state index is 5.88. The van der Waals surface area contributed by atoms with Crippen LogP contribution in [0.1, 0.15) is 13.8 Å². The standard InChI is InChI=1S/C21H19NO/c1-15(2)23-17-12-13-21-19(14-17)18-10-6-7-11-20(18)22(21)16-8-4-3-5-9-16/h3-15H,1-2H3. The molecule has 0 aliphatic carbocycles. The average molecular weight is 301 g/mol. The molecule has 0 amide bonds. The van der Waals surface area contributed by atoms with Crippen molar-refractivity contribution in [1.82, 2.24) is 4.57 Å². The van der Waals surface area contributed by atoms with Gasteiger partial charge in [-0.3, -0.25) is 0 Å². The predicted octanol–water partition coefficient (Wildman–Crippen LogP) is 5.57. The molecule has 4 rings (SSSR count). The zero-order chi connectivity index (χ0) is 15.8. The first-order valence-corrected chi connectivity index (χ1v) is 7.99. The zero-order valence-electron chi connectivity index (χ0n) is 13.4. The summed E-state index contributed by atoms with van der Waals surface area (Å²) in [6.07, 6.45) is 0.176. The molecule has 0 unspecified atom stereocenters. The van der Waals surface area contributed by atoms with Gasteiger partial charge in [-0.1, -0.05) is 36.4 Å². The third kappa shape index (κ3) is 2.36. The molecule has 114 valence electrons.